The number of hydrogen-bond donors (Lipinski definition) is 1. The minimum absolute atomic E-state index is 0.275. The van der Waals surface area contributed by atoms with Crippen LogP contribution in [0.1, 0.15) is 25.8 Å². The van der Waals surface area contributed by atoms with Crippen molar-refractivity contribution in [3.8, 4) is 5.75 Å². The van der Waals surface area contributed by atoms with Crippen molar-refractivity contribution in [3.63, 3.8) is 0 Å². The molecule has 3 rings (SSSR count). The van der Waals surface area contributed by atoms with Crippen molar-refractivity contribution in [2.24, 2.45) is 11.8 Å². The van der Waals surface area contributed by atoms with E-state index < -0.39 is 0 Å². The number of thiocarbonyl (C=S) groups is 1. The number of rotatable bonds is 5. The van der Waals surface area contributed by atoms with Crippen LogP contribution in [0.15, 0.2) is 24.3 Å². The zero-order valence-corrected chi connectivity index (χ0v) is 18.7. The number of likely N-dealkylation sites (tertiary alicyclic amines) is 1. The van der Waals surface area contributed by atoms with Crippen molar-refractivity contribution in [1.82, 2.24) is 20.0 Å². The minimum atomic E-state index is 0.275. The first-order chi connectivity index (χ1) is 13.9. The third-order valence-corrected chi connectivity index (χ3v) is 6.25. The first-order valence-corrected chi connectivity index (χ1v) is 11.0. The summed E-state index contributed by atoms with van der Waals surface area (Å²) in [6.45, 7) is 11.0. The number of hydrogen-bond acceptors (Lipinski definition) is 4. The van der Waals surface area contributed by atoms with Crippen molar-refractivity contribution in [2.45, 2.75) is 26.8 Å². The highest BCUT2D eigenvalue weighted by atomic mass is 32.1. The molecule has 1 aromatic carbocycles. The Hall–Kier alpha value is -1.86. The van der Waals surface area contributed by atoms with Gasteiger partial charge in [0.15, 0.2) is 5.11 Å². The van der Waals surface area contributed by atoms with E-state index >= 15 is 0 Å². The summed E-state index contributed by atoms with van der Waals surface area (Å²) in [5.74, 6) is 2.34. The molecule has 1 aromatic rings. The Balaban J connectivity index is 1.39. The molecular weight excluding hydrogens is 384 g/mol. The molecule has 1 amide bonds. The number of piperidine rings is 1. The molecule has 160 valence electrons. The molecule has 0 spiro atoms. The van der Waals surface area contributed by atoms with E-state index in [1.54, 1.807) is 7.11 Å². The molecule has 2 fully saturated rings. The molecule has 0 bridgehead atoms. The fraction of sp³-hybridized carbons (Fsp3) is 0.636. The van der Waals surface area contributed by atoms with Crippen molar-refractivity contribution >= 4 is 23.2 Å². The van der Waals surface area contributed by atoms with Gasteiger partial charge in [-0.05, 0) is 48.2 Å². The summed E-state index contributed by atoms with van der Waals surface area (Å²) < 4.78 is 5.19. The van der Waals surface area contributed by atoms with E-state index in [1.165, 1.54) is 12.0 Å². The minimum Gasteiger partial charge on any atom is -0.497 e. The molecule has 2 atom stereocenters. The normalized spacial score (nSPS) is 23.0. The van der Waals surface area contributed by atoms with Gasteiger partial charge < -0.3 is 19.9 Å². The second-order valence-electron chi connectivity index (χ2n) is 8.51. The highest BCUT2D eigenvalue weighted by Gasteiger charge is 2.27. The van der Waals surface area contributed by atoms with Crippen LogP contribution in [-0.4, -0.2) is 78.6 Å². The topological polar surface area (TPSA) is 48.1 Å². The van der Waals surface area contributed by atoms with Gasteiger partial charge in [0.2, 0.25) is 5.91 Å². The summed E-state index contributed by atoms with van der Waals surface area (Å²) in [5, 5.41) is 4.13. The maximum Gasteiger partial charge on any atom is 0.236 e. The lowest BCUT2D eigenvalue weighted by atomic mass is 9.92. The Labute approximate surface area is 180 Å². The van der Waals surface area contributed by atoms with Crippen LogP contribution in [-0.2, 0) is 11.3 Å². The fourth-order valence-corrected chi connectivity index (χ4v) is 4.55. The van der Waals surface area contributed by atoms with E-state index in [0.29, 0.717) is 24.9 Å². The van der Waals surface area contributed by atoms with Crippen LogP contribution in [0.5, 0.6) is 5.75 Å². The summed E-state index contributed by atoms with van der Waals surface area (Å²) in [4.78, 5) is 19.2. The van der Waals surface area contributed by atoms with Crippen LogP contribution in [0.2, 0.25) is 0 Å². The van der Waals surface area contributed by atoms with Crippen molar-refractivity contribution in [1.29, 1.82) is 0 Å². The van der Waals surface area contributed by atoms with Crippen LogP contribution in [0.3, 0.4) is 0 Å². The molecule has 7 heteroatoms. The monoisotopic (exact) mass is 418 g/mol. The second kappa shape index (κ2) is 10.3. The average molecular weight is 419 g/mol. The van der Waals surface area contributed by atoms with Gasteiger partial charge in [0.25, 0.3) is 0 Å². The molecule has 6 nitrogen and oxygen atoms in total. The number of carbonyl (C=O) groups is 1. The third kappa shape index (κ3) is 6.31. The van der Waals surface area contributed by atoms with E-state index in [-0.39, 0.29) is 5.91 Å². The number of nitrogens with one attached hydrogen (secondary N) is 1. The molecule has 29 heavy (non-hydrogen) atoms. The van der Waals surface area contributed by atoms with Gasteiger partial charge in [-0.3, -0.25) is 9.69 Å². The molecule has 2 aliphatic rings. The zero-order chi connectivity index (χ0) is 20.8. The van der Waals surface area contributed by atoms with Crippen molar-refractivity contribution < 1.29 is 9.53 Å². The molecule has 2 saturated heterocycles. The highest BCUT2D eigenvalue weighted by molar-refractivity contribution is 7.80. The SMILES string of the molecule is COc1ccc(CNC(=S)N2CCN(CC(=O)N3C[C@H](C)C[C@@H](C)C3)CC2)cc1. The summed E-state index contributed by atoms with van der Waals surface area (Å²) in [7, 11) is 1.67. The predicted octanol–water partition coefficient (Wildman–Crippen LogP) is 2.19. The van der Waals surface area contributed by atoms with E-state index in [2.05, 4.69) is 33.9 Å². The van der Waals surface area contributed by atoms with Crippen molar-refractivity contribution in [2.75, 3.05) is 52.9 Å². The van der Waals surface area contributed by atoms with E-state index in [1.807, 2.05) is 24.3 Å². The number of amides is 1. The summed E-state index contributed by atoms with van der Waals surface area (Å²) in [6, 6.07) is 8.00. The first-order valence-electron chi connectivity index (χ1n) is 10.6. The Morgan fingerprint density at radius 3 is 2.28 bits per heavy atom. The van der Waals surface area contributed by atoms with Gasteiger partial charge in [-0.2, -0.15) is 0 Å². The number of benzene rings is 1. The van der Waals surface area contributed by atoms with E-state index in [9.17, 15) is 4.79 Å². The molecular formula is C22H34N4O2S. The van der Waals surface area contributed by atoms with E-state index in [0.717, 1.165) is 50.1 Å². The summed E-state index contributed by atoms with van der Waals surface area (Å²) in [6.07, 6.45) is 1.23. The standard InChI is InChI=1S/C22H34N4O2S/c1-17-12-18(2)15-26(14-17)21(27)16-24-8-10-25(11-9-24)22(29)23-13-19-4-6-20(28-3)7-5-19/h4-7,17-18H,8-16H2,1-3H3,(H,23,29)/t17-,18-/m1/s1. The largest absolute Gasteiger partial charge is 0.497 e. The van der Waals surface area contributed by atoms with Gasteiger partial charge in [-0.1, -0.05) is 26.0 Å². The van der Waals surface area contributed by atoms with E-state index in [4.69, 9.17) is 17.0 Å². The molecule has 2 aliphatic heterocycles. The molecule has 0 saturated carbocycles. The first kappa shape index (κ1) is 21.8. The lowest BCUT2D eigenvalue weighted by molar-refractivity contribution is -0.135. The molecule has 0 aromatic heterocycles. The number of carbonyl (C=O) groups excluding carboxylic acids is 1. The number of methoxy groups -OCH3 is 1. The Kier molecular flexibility index (Phi) is 7.72. The molecule has 2 heterocycles. The molecule has 0 unspecified atom stereocenters. The Morgan fingerprint density at radius 1 is 1.07 bits per heavy atom. The molecule has 1 N–H and O–H groups in total. The number of piperazine rings is 1. The maximum atomic E-state index is 12.7. The summed E-state index contributed by atoms with van der Waals surface area (Å²) >= 11 is 5.57. The quantitative estimate of drug-likeness (QED) is 0.740. The van der Waals surface area contributed by atoms with Crippen LogP contribution < -0.4 is 10.1 Å². The lowest BCUT2D eigenvalue weighted by Gasteiger charge is -2.39. The third-order valence-electron chi connectivity index (χ3n) is 5.84. The maximum absolute atomic E-state index is 12.7. The van der Waals surface area contributed by atoms with Crippen LogP contribution in [0.25, 0.3) is 0 Å². The predicted molar refractivity (Wildman–Crippen MR) is 120 cm³/mol. The Morgan fingerprint density at radius 2 is 1.69 bits per heavy atom. The molecule has 0 aliphatic carbocycles. The van der Waals surface area contributed by atoms with Crippen LogP contribution in [0, 0.1) is 11.8 Å². The highest BCUT2D eigenvalue weighted by Crippen LogP contribution is 2.21. The van der Waals surface area contributed by atoms with Crippen LogP contribution >= 0.6 is 12.2 Å². The van der Waals surface area contributed by atoms with Gasteiger partial charge in [0.1, 0.15) is 5.75 Å². The van der Waals surface area contributed by atoms with Gasteiger partial charge in [0.05, 0.1) is 13.7 Å². The average Bonchev–Trinajstić information content (AvgIpc) is 2.72. The van der Waals surface area contributed by atoms with Gasteiger partial charge in [0, 0.05) is 45.8 Å². The molecule has 0 radical (unpaired) electrons. The second-order valence-corrected chi connectivity index (χ2v) is 8.90. The zero-order valence-electron chi connectivity index (χ0n) is 17.9. The van der Waals surface area contributed by atoms with Gasteiger partial charge in [-0.25, -0.2) is 0 Å². The Bertz CT molecular complexity index is 679. The van der Waals surface area contributed by atoms with Crippen LogP contribution in [0.4, 0.5) is 0 Å². The smallest absolute Gasteiger partial charge is 0.236 e. The lowest BCUT2D eigenvalue weighted by Crippen LogP contribution is -2.54. The number of nitrogens with zero attached hydrogens (tertiary/aromatic N) is 3. The van der Waals surface area contributed by atoms with Gasteiger partial charge in [-0.15, -0.1) is 0 Å². The van der Waals surface area contributed by atoms with Crippen molar-refractivity contribution in [3.05, 3.63) is 29.8 Å². The fourth-order valence-electron chi connectivity index (χ4n) is 4.30. The summed E-state index contributed by atoms with van der Waals surface area (Å²) in [5.41, 5.74) is 1.17. The number of ether oxygens (including phenoxy) is 1. The van der Waals surface area contributed by atoms with Gasteiger partial charge >= 0.3 is 0 Å².